The third kappa shape index (κ3) is 6.11. The molecule has 128 valence electrons. The zero-order valence-corrected chi connectivity index (χ0v) is 15.6. The van der Waals surface area contributed by atoms with Gasteiger partial charge in [-0.2, -0.15) is 0 Å². The molecule has 0 aromatic rings. The molecule has 1 amide bonds. The van der Waals surface area contributed by atoms with Crippen molar-refractivity contribution in [3.8, 4) is 0 Å². The van der Waals surface area contributed by atoms with Gasteiger partial charge in [-0.3, -0.25) is 4.79 Å². The first-order valence-electron chi connectivity index (χ1n) is 9.03. The molecule has 1 rings (SSSR count). The molecule has 0 spiro atoms. The smallest absolute Gasteiger partial charge is 0.328 e. The Hall–Kier alpha value is -0.843. The molecule has 0 bridgehead atoms. The molecule has 1 saturated heterocycles. The number of carbonyl (C=O) groups is 2. The van der Waals surface area contributed by atoms with Crippen LogP contribution in [0.2, 0.25) is 24.2 Å². The second-order valence-corrected chi connectivity index (χ2v) is 12.2. The lowest BCUT2D eigenvalue weighted by Gasteiger charge is -2.28. The van der Waals surface area contributed by atoms with Crippen molar-refractivity contribution in [1.82, 2.24) is 5.32 Å². The summed E-state index contributed by atoms with van der Waals surface area (Å²) in [5.74, 6) is -0.295. The van der Waals surface area contributed by atoms with Crippen LogP contribution < -0.4 is 5.32 Å². The Morgan fingerprint density at radius 1 is 1.14 bits per heavy atom. The second-order valence-electron chi connectivity index (χ2n) is 6.55. The number of amides is 1. The second kappa shape index (κ2) is 10.0. The third-order valence-corrected chi connectivity index (χ3v) is 11.3. The lowest BCUT2D eigenvalue weighted by atomic mass is 10.1. The fraction of sp³-hybridized carbons (Fsp3) is 0.882. The predicted molar refractivity (Wildman–Crippen MR) is 92.6 cm³/mol. The molecule has 0 radical (unpaired) electrons. The van der Waals surface area contributed by atoms with Crippen molar-refractivity contribution in [3.63, 3.8) is 0 Å². The van der Waals surface area contributed by atoms with Gasteiger partial charge in [-0.15, -0.1) is 0 Å². The highest BCUT2D eigenvalue weighted by atomic mass is 28.3. The lowest BCUT2D eigenvalue weighted by molar-refractivity contribution is -0.141. The minimum absolute atomic E-state index is 0.0109. The summed E-state index contributed by atoms with van der Waals surface area (Å²) in [7, 11) is -0.962. The van der Waals surface area contributed by atoms with E-state index in [-0.39, 0.29) is 11.9 Å². The maximum Gasteiger partial charge on any atom is 0.328 e. The molecule has 1 N–H and O–H groups in total. The van der Waals surface area contributed by atoms with E-state index in [0.29, 0.717) is 19.4 Å². The zero-order chi connectivity index (χ0) is 16.4. The average molecular weight is 328 g/mol. The van der Waals surface area contributed by atoms with Crippen LogP contribution in [0.15, 0.2) is 0 Å². The molecule has 1 aliphatic heterocycles. The van der Waals surface area contributed by atoms with Crippen LogP contribution in [-0.4, -0.2) is 32.6 Å². The van der Waals surface area contributed by atoms with Crippen molar-refractivity contribution < 1.29 is 14.3 Å². The highest BCUT2D eigenvalue weighted by Crippen LogP contribution is 2.27. The largest absolute Gasteiger partial charge is 0.464 e. The molecule has 1 fully saturated rings. The van der Waals surface area contributed by atoms with E-state index < -0.39 is 14.1 Å². The topological polar surface area (TPSA) is 55.4 Å². The van der Waals surface area contributed by atoms with Crippen LogP contribution in [0.5, 0.6) is 0 Å². The van der Waals surface area contributed by atoms with Crippen LogP contribution in [0.3, 0.4) is 0 Å². The number of unbranched alkanes of at least 4 members (excludes halogenated alkanes) is 3. The van der Waals surface area contributed by atoms with Gasteiger partial charge < -0.3 is 10.1 Å². The number of hydrogen-bond acceptors (Lipinski definition) is 3. The van der Waals surface area contributed by atoms with Gasteiger partial charge in [-0.1, -0.05) is 64.2 Å². The molecule has 5 heteroatoms. The minimum Gasteiger partial charge on any atom is -0.464 e. The van der Waals surface area contributed by atoms with Gasteiger partial charge in [0, 0.05) is 12.8 Å². The van der Waals surface area contributed by atoms with E-state index in [9.17, 15) is 9.59 Å². The van der Waals surface area contributed by atoms with E-state index in [1.807, 2.05) is 0 Å². The van der Waals surface area contributed by atoms with Gasteiger partial charge in [0.05, 0.1) is 14.7 Å². The van der Waals surface area contributed by atoms with Crippen LogP contribution >= 0.6 is 0 Å². The molecule has 1 aliphatic rings. The van der Waals surface area contributed by atoms with Crippen LogP contribution in [-0.2, 0) is 14.3 Å². The lowest BCUT2D eigenvalue weighted by Crippen LogP contribution is -2.37. The summed E-state index contributed by atoms with van der Waals surface area (Å²) in [6, 6.07) is 5.24. The summed E-state index contributed by atoms with van der Waals surface area (Å²) < 4.78 is 4.84. The SMILES string of the molecule is CC[Si](CC)(CC)CCCCCCC(=O)NC1CCOC1=O. The van der Waals surface area contributed by atoms with Crippen molar-refractivity contribution in [2.45, 2.75) is 89.5 Å². The first-order chi connectivity index (χ1) is 10.6. The third-order valence-electron chi connectivity index (χ3n) is 5.38. The van der Waals surface area contributed by atoms with Crippen molar-refractivity contribution in [1.29, 1.82) is 0 Å². The Labute approximate surface area is 136 Å². The van der Waals surface area contributed by atoms with Crippen LogP contribution in [0.4, 0.5) is 0 Å². The number of rotatable bonds is 11. The van der Waals surface area contributed by atoms with E-state index in [1.54, 1.807) is 0 Å². The van der Waals surface area contributed by atoms with Gasteiger partial charge in [-0.05, 0) is 6.42 Å². The van der Waals surface area contributed by atoms with Crippen molar-refractivity contribution in [2.24, 2.45) is 0 Å². The van der Waals surface area contributed by atoms with Gasteiger partial charge in [0.25, 0.3) is 0 Å². The maximum absolute atomic E-state index is 11.8. The van der Waals surface area contributed by atoms with Crippen molar-refractivity contribution >= 4 is 20.0 Å². The van der Waals surface area contributed by atoms with Crippen LogP contribution in [0.1, 0.15) is 59.3 Å². The van der Waals surface area contributed by atoms with Gasteiger partial charge in [0.15, 0.2) is 0 Å². The number of esters is 1. The normalized spacial score (nSPS) is 18.3. The van der Waals surface area contributed by atoms with Crippen molar-refractivity contribution in [3.05, 3.63) is 0 Å². The van der Waals surface area contributed by atoms with Crippen molar-refractivity contribution in [2.75, 3.05) is 6.61 Å². The van der Waals surface area contributed by atoms with E-state index >= 15 is 0 Å². The zero-order valence-electron chi connectivity index (χ0n) is 14.6. The summed E-state index contributed by atoms with van der Waals surface area (Å²) in [5, 5.41) is 2.76. The first-order valence-corrected chi connectivity index (χ1v) is 11.9. The quantitative estimate of drug-likeness (QED) is 0.356. The molecule has 0 saturated carbocycles. The Kier molecular flexibility index (Phi) is 8.76. The molecule has 1 heterocycles. The molecular weight excluding hydrogens is 294 g/mol. The van der Waals surface area contributed by atoms with E-state index in [4.69, 9.17) is 4.74 Å². The summed E-state index contributed by atoms with van der Waals surface area (Å²) in [5.41, 5.74) is 0. The highest BCUT2D eigenvalue weighted by Gasteiger charge is 2.27. The minimum atomic E-state index is -0.962. The van der Waals surface area contributed by atoms with Gasteiger partial charge in [-0.25, -0.2) is 4.79 Å². The highest BCUT2D eigenvalue weighted by molar-refractivity contribution is 6.79. The Morgan fingerprint density at radius 2 is 1.77 bits per heavy atom. The number of hydrogen-bond donors (Lipinski definition) is 1. The molecule has 0 aromatic heterocycles. The molecule has 0 aliphatic carbocycles. The summed E-state index contributed by atoms with van der Waals surface area (Å²) >= 11 is 0. The first kappa shape index (κ1) is 19.2. The number of nitrogens with one attached hydrogen (secondary N) is 1. The monoisotopic (exact) mass is 327 g/mol. The van der Waals surface area contributed by atoms with Gasteiger partial charge in [0.2, 0.25) is 5.91 Å². The van der Waals surface area contributed by atoms with Gasteiger partial charge >= 0.3 is 5.97 Å². The molecule has 1 unspecified atom stereocenters. The average Bonchev–Trinajstić information content (AvgIpc) is 2.92. The standard InChI is InChI=1S/C17H33NO3Si/c1-4-22(5-2,6-3)14-10-8-7-9-11-16(19)18-15-12-13-21-17(15)20/h15H,4-14H2,1-3H3,(H,18,19). The Bertz CT molecular complexity index is 348. The summed E-state index contributed by atoms with van der Waals surface area (Å²) in [4.78, 5) is 23.0. The van der Waals surface area contributed by atoms with Gasteiger partial charge in [0.1, 0.15) is 6.04 Å². The fourth-order valence-electron chi connectivity index (χ4n) is 3.31. The summed E-state index contributed by atoms with van der Waals surface area (Å²) in [6.07, 6.45) is 5.73. The van der Waals surface area contributed by atoms with Crippen LogP contribution in [0.25, 0.3) is 0 Å². The molecule has 0 aromatic carbocycles. The molecular formula is C17H33NO3Si. The predicted octanol–water partition coefficient (Wildman–Crippen LogP) is 3.88. The van der Waals surface area contributed by atoms with E-state index in [2.05, 4.69) is 26.1 Å². The summed E-state index contributed by atoms with van der Waals surface area (Å²) in [6.45, 7) is 7.51. The Morgan fingerprint density at radius 3 is 2.32 bits per heavy atom. The molecule has 1 atom stereocenters. The number of carbonyl (C=O) groups excluding carboxylic acids is 2. The number of ether oxygens (including phenoxy) is 1. The molecule has 4 nitrogen and oxygen atoms in total. The van der Waals surface area contributed by atoms with Crippen LogP contribution in [0, 0.1) is 0 Å². The van der Waals surface area contributed by atoms with E-state index in [0.717, 1.165) is 12.8 Å². The maximum atomic E-state index is 11.8. The molecule has 22 heavy (non-hydrogen) atoms. The van der Waals surface area contributed by atoms with E-state index in [1.165, 1.54) is 37.0 Å². The fourth-order valence-corrected chi connectivity index (χ4v) is 6.87. The number of cyclic esters (lactones) is 1. The Balaban J connectivity index is 2.07.